The maximum absolute atomic E-state index is 12.5. The van der Waals surface area contributed by atoms with E-state index in [2.05, 4.69) is 6.92 Å². The summed E-state index contributed by atoms with van der Waals surface area (Å²) in [6, 6.07) is 1.70. The van der Waals surface area contributed by atoms with Gasteiger partial charge in [-0.25, -0.2) is 0 Å². The van der Waals surface area contributed by atoms with Gasteiger partial charge in [0.1, 0.15) is 6.26 Å². The molecule has 0 saturated carbocycles. The van der Waals surface area contributed by atoms with Crippen LogP contribution in [0, 0.1) is 5.41 Å². The van der Waals surface area contributed by atoms with E-state index in [1.54, 1.807) is 13.2 Å². The lowest BCUT2D eigenvalue weighted by Crippen LogP contribution is -2.44. The molecule has 0 N–H and O–H groups in total. The molecule has 0 aliphatic carbocycles. The maximum atomic E-state index is 12.5. The molecule has 0 atom stereocenters. The molecule has 1 aliphatic rings. The van der Waals surface area contributed by atoms with Crippen LogP contribution >= 0.6 is 0 Å². The normalized spacial score (nSPS) is 17.9. The molecule has 1 fully saturated rings. The zero-order valence-corrected chi connectivity index (χ0v) is 12.3. The van der Waals surface area contributed by atoms with Gasteiger partial charge >= 0.3 is 0 Å². The van der Waals surface area contributed by atoms with Crippen LogP contribution in [0.15, 0.2) is 23.0 Å². The van der Waals surface area contributed by atoms with Crippen LogP contribution in [0.2, 0.25) is 0 Å². The van der Waals surface area contributed by atoms with E-state index in [0.29, 0.717) is 18.7 Å². The smallest absolute Gasteiger partial charge is 0.257 e. The quantitative estimate of drug-likeness (QED) is 0.802. The van der Waals surface area contributed by atoms with Gasteiger partial charge in [0.15, 0.2) is 0 Å². The van der Waals surface area contributed by atoms with Gasteiger partial charge in [0, 0.05) is 33.4 Å². The molecular formula is C15H23NO4. The second-order valence-corrected chi connectivity index (χ2v) is 5.65. The Balaban J connectivity index is 2.04. The monoisotopic (exact) mass is 281 g/mol. The Kier molecular flexibility index (Phi) is 5.20. The number of furan rings is 1. The summed E-state index contributed by atoms with van der Waals surface area (Å²) in [5.41, 5.74) is 0.711. The number of rotatable bonds is 6. The van der Waals surface area contributed by atoms with Crippen LogP contribution in [0.5, 0.6) is 0 Å². The first-order valence-electron chi connectivity index (χ1n) is 7.03. The standard InChI is InChI=1S/C15H23NO4/c1-15(4-8-19-9-5-15)12-16(6-10-18-2)14(17)13-3-7-20-11-13/h3,7,11H,4-6,8-10,12H2,1-2H3. The van der Waals surface area contributed by atoms with Crippen molar-refractivity contribution in [2.24, 2.45) is 5.41 Å². The highest BCUT2D eigenvalue weighted by atomic mass is 16.5. The number of carbonyl (C=O) groups excluding carboxylic acids is 1. The first kappa shape index (κ1) is 15.1. The molecule has 1 aliphatic heterocycles. The molecular weight excluding hydrogens is 258 g/mol. The molecule has 1 aromatic heterocycles. The number of nitrogens with zero attached hydrogens (tertiary/aromatic N) is 1. The van der Waals surface area contributed by atoms with Crippen molar-refractivity contribution < 1.29 is 18.7 Å². The summed E-state index contributed by atoms with van der Waals surface area (Å²) in [6.07, 6.45) is 4.98. The summed E-state index contributed by atoms with van der Waals surface area (Å²) in [7, 11) is 1.65. The minimum Gasteiger partial charge on any atom is -0.472 e. The fraction of sp³-hybridized carbons (Fsp3) is 0.667. The zero-order chi connectivity index (χ0) is 14.4. The third-order valence-electron chi connectivity index (χ3n) is 3.89. The van der Waals surface area contributed by atoms with E-state index in [1.807, 2.05) is 4.90 Å². The Bertz CT molecular complexity index is 410. The predicted molar refractivity (Wildman–Crippen MR) is 74.6 cm³/mol. The maximum Gasteiger partial charge on any atom is 0.257 e. The average molecular weight is 281 g/mol. The Hall–Kier alpha value is -1.33. The first-order chi connectivity index (χ1) is 9.64. The lowest BCUT2D eigenvalue weighted by molar-refractivity contribution is 0.00272. The van der Waals surface area contributed by atoms with E-state index in [9.17, 15) is 4.79 Å². The van der Waals surface area contributed by atoms with Crippen molar-refractivity contribution in [3.05, 3.63) is 24.2 Å². The number of methoxy groups -OCH3 is 1. The van der Waals surface area contributed by atoms with E-state index in [4.69, 9.17) is 13.9 Å². The van der Waals surface area contributed by atoms with Crippen molar-refractivity contribution in [2.75, 3.05) is 40.0 Å². The van der Waals surface area contributed by atoms with Gasteiger partial charge in [-0.3, -0.25) is 4.79 Å². The summed E-state index contributed by atoms with van der Waals surface area (Å²) >= 11 is 0. The van der Waals surface area contributed by atoms with Gasteiger partial charge < -0.3 is 18.8 Å². The molecule has 0 aromatic carbocycles. The van der Waals surface area contributed by atoms with Crippen molar-refractivity contribution in [2.45, 2.75) is 19.8 Å². The third kappa shape index (κ3) is 3.84. The largest absolute Gasteiger partial charge is 0.472 e. The van der Waals surface area contributed by atoms with Gasteiger partial charge in [-0.05, 0) is 24.3 Å². The highest BCUT2D eigenvalue weighted by Gasteiger charge is 2.31. The van der Waals surface area contributed by atoms with Crippen molar-refractivity contribution >= 4 is 5.91 Å². The summed E-state index contributed by atoms with van der Waals surface area (Å²) in [6.45, 7) is 5.62. The van der Waals surface area contributed by atoms with Crippen LogP contribution < -0.4 is 0 Å². The molecule has 0 unspecified atom stereocenters. The molecule has 1 amide bonds. The minimum atomic E-state index is 0.00326. The van der Waals surface area contributed by atoms with E-state index in [0.717, 1.165) is 32.6 Å². The van der Waals surface area contributed by atoms with E-state index in [1.165, 1.54) is 12.5 Å². The molecule has 5 nitrogen and oxygen atoms in total. The molecule has 0 radical (unpaired) electrons. The van der Waals surface area contributed by atoms with Crippen molar-refractivity contribution in [1.29, 1.82) is 0 Å². The molecule has 1 aromatic rings. The summed E-state index contributed by atoms with van der Waals surface area (Å²) in [5.74, 6) is 0.00326. The second-order valence-electron chi connectivity index (χ2n) is 5.65. The SMILES string of the molecule is COCCN(CC1(C)CCOCC1)C(=O)c1ccoc1. The fourth-order valence-corrected chi connectivity index (χ4v) is 2.51. The first-order valence-corrected chi connectivity index (χ1v) is 7.03. The van der Waals surface area contributed by atoms with Gasteiger partial charge in [-0.2, -0.15) is 0 Å². The van der Waals surface area contributed by atoms with Crippen LogP contribution in [0.1, 0.15) is 30.1 Å². The van der Waals surface area contributed by atoms with E-state index >= 15 is 0 Å². The molecule has 112 valence electrons. The molecule has 0 spiro atoms. The van der Waals surface area contributed by atoms with Gasteiger partial charge in [0.2, 0.25) is 0 Å². The number of hydrogen-bond donors (Lipinski definition) is 0. The van der Waals surface area contributed by atoms with Crippen LogP contribution in [0.25, 0.3) is 0 Å². The summed E-state index contributed by atoms with van der Waals surface area (Å²) < 4.78 is 15.5. The zero-order valence-electron chi connectivity index (χ0n) is 12.3. The van der Waals surface area contributed by atoms with Crippen molar-refractivity contribution in [1.82, 2.24) is 4.90 Å². The van der Waals surface area contributed by atoms with Crippen LogP contribution in [-0.4, -0.2) is 50.8 Å². The highest BCUT2D eigenvalue weighted by Crippen LogP contribution is 2.31. The molecule has 0 bridgehead atoms. The molecule has 2 heterocycles. The van der Waals surface area contributed by atoms with E-state index in [-0.39, 0.29) is 11.3 Å². The second kappa shape index (κ2) is 6.90. The number of carbonyl (C=O) groups is 1. The lowest BCUT2D eigenvalue weighted by Gasteiger charge is -2.38. The van der Waals surface area contributed by atoms with Crippen molar-refractivity contribution in [3.8, 4) is 0 Å². The van der Waals surface area contributed by atoms with E-state index < -0.39 is 0 Å². The van der Waals surface area contributed by atoms with Gasteiger partial charge in [-0.15, -0.1) is 0 Å². The summed E-state index contributed by atoms with van der Waals surface area (Å²) in [4.78, 5) is 14.4. The Morgan fingerprint density at radius 2 is 2.20 bits per heavy atom. The molecule has 2 rings (SSSR count). The minimum absolute atomic E-state index is 0.00326. The topological polar surface area (TPSA) is 51.9 Å². The van der Waals surface area contributed by atoms with Gasteiger partial charge in [0.05, 0.1) is 18.4 Å². The summed E-state index contributed by atoms with van der Waals surface area (Å²) in [5, 5.41) is 0. The Morgan fingerprint density at radius 1 is 1.45 bits per heavy atom. The van der Waals surface area contributed by atoms with Gasteiger partial charge in [0.25, 0.3) is 5.91 Å². The highest BCUT2D eigenvalue weighted by molar-refractivity contribution is 5.93. The average Bonchev–Trinajstić information content (AvgIpc) is 2.97. The number of amides is 1. The molecule has 20 heavy (non-hydrogen) atoms. The molecule has 1 saturated heterocycles. The number of ether oxygens (including phenoxy) is 2. The van der Waals surface area contributed by atoms with Crippen molar-refractivity contribution in [3.63, 3.8) is 0 Å². The predicted octanol–water partition coefficient (Wildman–Crippen LogP) is 2.18. The van der Waals surface area contributed by atoms with Crippen LogP contribution in [0.3, 0.4) is 0 Å². The Morgan fingerprint density at radius 3 is 2.80 bits per heavy atom. The van der Waals surface area contributed by atoms with Crippen LogP contribution in [-0.2, 0) is 9.47 Å². The fourth-order valence-electron chi connectivity index (χ4n) is 2.51. The van der Waals surface area contributed by atoms with Gasteiger partial charge in [-0.1, -0.05) is 6.92 Å². The molecule has 5 heteroatoms. The third-order valence-corrected chi connectivity index (χ3v) is 3.89. The Labute approximate surface area is 119 Å². The lowest BCUT2D eigenvalue weighted by atomic mass is 9.82. The van der Waals surface area contributed by atoms with Crippen LogP contribution in [0.4, 0.5) is 0 Å². The number of hydrogen-bond acceptors (Lipinski definition) is 4.